The van der Waals surface area contributed by atoms with Gasteiger partial charge >= 0.3 is 29.8 Å². The summed E-state index contributed by atoms with van der Waals surface area (Å²) in [5, 5.41) is 7.17. The summed E-state index contributed by atoms with van der Waals surface area (Å²) in [5.41, 5.74) is 2.97. The predicted molar refractivity (Wildman–Crippen MR) is 133 cm³/mol. The molecule has 5 N–H and O–H groups in total. The maximum atomic E-state index is 12.7. The number of nitrogens with one attached hydrogen (secondary N) is 3. The van der Waals surface area contributed by atoms with Crippen molar-refractivity contribution in [1.82, 2.24) is 16.0 Å². The van der Waals surface area contributed by atoms with E-state index in [9.17, 15) is 24.0 Å². The first-order chi connectivity index (χ1) is 16.2. The molecule has 0 rings (SSSR count). The molecule has 0 aromatic heterocycles. The summed E-state index contributed by atoms with van der Waals surface area (Å²) < 4.78 is 15.7. The van der Waals surface area contributed by atoms with Crippen LogP contribution < -0.4 is 21.7 Å². The Hall–Kier alpha value is -2.89. The third kappa shape index (κ3) is 15.9. The highest BCUT2D eigenvalue weighted by atomic mass is 16.6. The first kappa shape index (κ1) is 33.1. The van der Waals surface area contributed by atoms with E-state index in [1.807, 2.05) is 0 Å². The van der Waals surface area contributed by atoms with Crippen LogP contribution in [0.2, 0.25) is 0 Å². The second kappa shape index (κ2) is 14.0. The molecule has 0 aliphatic carbocycles. The minimum Gasteiger partial charge on any atom is -0.458 e. The Kier molecular flexibility index (Phi) is 12.9. The summed E-state index contributed by atoms with van der Waals surface area (Å²) in [7, 11) is 0. The average molecular weight is 517 g/mol. The zero-order valence-corrected chi connectivity index (χ0v) is 23.0. The molecule has 0 saturated heterocycles. The minimum atomic E-state index is -1.36. The van der Waals surface area contributed by atoms with E-state index in [0.717, 1.165) is 0 Å². The minimum absolute atomic E-state index is 0.270. The Bertz CT molecular complexity index is 778. The number of amides is 3. The van der Waals surface area contributed by atoms with Gasteiger partial charge in [0.2, 0.25) is 0 Å². The maximum absolute atomic E-state index is 12.7. The molecule has 36 heavy (non-hydrogen) atoms. The lowest BCUT2D eigenvalue weighted by Crippen LogP contribution is -2.56. The molecule has 0 unspecified atom stereocenters. The fourth-order valence-corrected chi connectivity index (χ4v) is 2.63. The van der Waals surface area contributed by atoms with E-state index in [4.69, 9.17) is 19.9 Å². The first-order valence-corrected chi connectivity index (χ1v) is 12.0. The molecule has 3 amide bonds. The molecule has 0 radical (unpaired) electrons. The average Bonchev–Trinajstić information content (AvgIpc) is 2.66. The number of nitrogens with two attached hydrogens (primary N) is 1. The van der Waals surface area contributed by atoms with Crippen molar-refractivity contribution in [3.63, 3.8) is 0 Å². The predicted octanol–water partition coefficient (Wildman–Crippen LogP) is 1.29. The summed E-state index contributed by atoms with van der Waals surface area (Å²) >= 11 is 0. The lowest BCUT2D eigenvalue weighted by Gasteiger charge is -2.27. The first-order valence-electron chi connectivity index (χ1n) is 12.0. The van der Waals surface area contributed by atoms with Crippen LogP contribution in [0.15, 0.2) is 0 Å². The summed E-state index contributed by atoms with van der Waals surface area (Å²) in [5.74, 6) is -3.71. The molecular formula is C24H44N4O8. The molecule has 0 bridgehead atoms. The van der Waals surface area contributed by atoms with Crippen LogP contribution in [0.4, 0.5) is 4.79 Å². The largest absolute Gasteiger partial charge is 0.458 e. The van der Waals surface area contributed by atoms with Gasteiger partial charge in [-0.25, -0.2) is 19.2 Å². The van der Waals surface area contributed by atoms with Gasteiger partial charge in [0.25, 0.3) is 0 Å². The highest BCUT2D eigenvalue weighted by molar-refractivity contribution is 6.32. The van der Waals surface area contributed by atoms with Gasteiger partial charge in [-0.1, -0.05) is 0 Å². The van der Waals surface area contributed by atoms with Crippen molar-refractivity contribution >= 4 is 29.8 Å². The third-order valence-electron chi connectivity index (χ3n) is 3.99. The van der Waals surface area contributed by atoms with Crippen molar-refractivity contribution in [2.24, 2.45) is 5.73 Å². The van der Waals surface area contributed by atoms with Gasteiger partial charge in [0.1, 0.15) is 28.9 Å². The number of hydrogen-bond donors (Lipinski definition) is 4. The van der Waals surface area contributed by atoms with Crippen molar-refractivity contribution in [2.75, 3.05) is 13.1 Å². The standard InChI is InChI=1S/C24H44N4O8/c1-22(2,3)34-18(30)15(12-10-11-13-25)27-21(33)28-16(19(31)35-23(4,5)6)14-26-17(29)20(32)36-24(7,8)9/h15-16H,10-14,25H2,1-9H3,(H,26,29)(H2,27,28,33)/t15-,16-/m0/s1. The molecular weight excluding hydrogens is 472 g/mol. The van der Waals surface area contributed by atoms with Gasteiger partial charge in [0.05, 0.1) is 0 Å². The number of esters is 3. The zero-order valence-electron chi connectivity index (χ0n) is 23.0. The van der Waals surface area contributed by atoms with Gasteiger partial charge in [-0.2, -0.15) is 0 Å². The quantitative estimate of drug-likeness (QED) is 0.144. The Labute approximate surface area is 213 Å². The lowest BCUT2D eigenvalue weighted by molar-refractivity contribution is -0.164. The van der Waals surface area contributed by atoms with Crippen LogP contribution in [0.1, 0.15) is 81.6 Å². The van der Waals surface area contributed by atoms with E-state index in [-0.39, 0.29) is 6.42 Å². The summed E-state index contributed by atoms with van der Waals surface area (Å²) in [6.07, 6.45) is 1.47. The molecule has 0 aromatic carbocycles. The molecule has 0 aromatic rings. The molecule has 0 saturated carbocycles. The SMILES string of the molecule is CC(C)(C)OC(=O)C(=O)NC[C@H](NC(=O)N[C@@H](CCCCN)C(=O)OC(C)(C)C)C(=O)OC(C)(C)C. The van der Waals surface area contributed by atoms with Gasteiger partial charge in [0.15, 0.2) is 0 Å². The summed E-state index contributed by atoms with van der Waals surface area (Å²) in [4.78, 5) is 62.1. The molecule has 0 heterocycles. The highest BCUT2D eigenvalue weighted by Gasteiger charge is 2.31. The van der Waals surface area contributed by atoms with Crippen molar-refractivity contribution in [2.45, 2.75) is 110 Å². The smallest absolute Gasteiger partial charge is 0.397 e. The van der Waals surface area contributed by atoms with Crippen molar-refractivity contribution in [3.8, 4) is 0 Å². The zero-order chi connectivity index (χ0) is 28.3. The molecule has 0 aliphatic rings. The van der Waals surface area contributed by atoms with Gasteiger partial charge in [-0.15, -0.1) is 0 Å². The van der Waals surface area contributed by atoms with Gasteiger partial charge < -0.3 is 35.9 Å². The van der Waals surface area contributed by atoms with Crippen LogP contribution in [0.25, 0.3) is 0 Å². The van der Waals surface area contributed by atoms with Crippen LogP contribution >= 0.6 is 0 Å². The molecule has 0 spiro atoms. The molecule has 12 nitrogen and oxygen atoms in total. The number of carbonyl (C=O) groups is 5. The van der Waals surface area contributed by atoms with E-state index < -0.39 is 65.3 Å². The molecule has 208 valence electrons. The number of rotatable bonds is 10. The van der Waals surface area contributed by atoms with Crippen LogP contribution in [-0.4, -0.2) is 71.8 Å². The molecule has 2 atom stereocenters. The van der Waals surface area contributed by atoms with Crippen molar-refractivity contribution in [3.05, 3.63) is 0 Å². The number of carbonyl (C=O) groups excluding carboxylic acids is 5. The number of urea groups is 1. The van der Waals surface area contributed by atoms with Crippen molar-refractivity contribution < 1.29 is 38.2 Å². The second-order valence-corrected chi connectivity index (χ2v) is 11.3. The van der Waals surface area contributed by atoms with Crippen LogP contribution in [-0.2, 0) is 33.4 Å². The summed E-state index contributed by atoms with van der Waals surface area (Å²) in [6, 6.07) is -3.22. The Morgan fingerprint density at radius 1 is 0.694 bits per heavy atom. The lowest BCUT2D eigenvalue weighted by atomic mass is 10.1. The number of hydrogen-bond acceptors (Lipinski definition) is 9. The fourth-order valence-electron chi connectivity index (χ4n) is 2.63. The van der Waals surface area contributed by atoms with Gasteiger partial charge in [0, 0.05) is 6.54 Å². The van der Waals surface area contributed by atoms with E-state index in [1.165, 1.54) is 0 Å². The topological polar surface area (TPSA) is 175 Å². The van der Waals surface area contributed by atoms with Crippen LogP contribution in [0.5, 0.6) is 0 Å². The maximum Gasteiger partial charge on any atom is 0.397 e. The second-order valence-electron chi connectivity index (χ2n) is 11.3. The van der Waals surface area contributed by atoms with Crippen LogP contribution in [0, 0.1) is 0 Å². The van der Waals surface area contributed by atoms with E-state index in [2.05, 4.69) is 16.0 Å². The Balaban J connectivity index is 5.46. The highest BCUT2D eigenvalue weighted by Crippen LogP contribution is 2.12. The van der Waals surface area contributed by atoms with Crippen LogP contribution in [0.3, 0.4) is 0 Å². The fraction of sp³-hybridized carbons (Fsp3) is 0.792. The third-order valence-corrected chi connectivity index (χ3v) is 3.99. The van der Waals surface area contributed by atoms with E-state index in [1.54, 1.807) is 62.3 Å². The van der Waals surface area contributed by atoms with Gasteiger partial charge in [-0.05, 0) is 88.1 Å². The normalized spacial score (nSPS) is 13.6. The van der Waals surface area contributed by atoms with Crippen molar-refractivity contribution in [1.29, 1.82) is 0 Å². The Morgan fingerprint density at radius 3 is 1.58 bits per heavy atom. The Morgan fingerprint density at radius 2 is 1.14 bits per heavy atom. The molecule has 0 aliphatic heterocycles. The monoisotopic (exact) mass is 516 g/mol. The summed E-state index contributed by atoms with van der Waals surface area (Å²) in [6.45, 7) is 14.8. The number of unbranched alkanes of at least 4 members (excludes halogenated alkanes) is 1. The molecule has 12 heteroatoms. The number of ether oxygens (including phenoxy) is 3. The van der Waals surface area contributed by atoms with E-state index in [0.29, 0.717) is 19.4 Å². The van der Waals surface area contributed by atoms with E-state index >= 15 is 0 Å². The molecule has 0 fully saturated rings. The van der Waals surface area contributed by atoms with Gasteiger partial charge in [-0.3, -0.25) is 4.79 Å².